The molecule has 1 aromatic rings. The second kappa shape index (κ2) is 7.59. The predicted octanol–water partition coefficient (Wildman–Crippen LogP) is 2.02. The summed E-state index contributed by atoms with van der Waals surface area (Å²) in [6, 6.07) is 6.38. The molecular weight excluding hydrogens is 318 g/mol. The molecule has 1 amide bonds. The van der Waals surface area contributed by atoms with E-state index in [1.807, 2.05) is 6.92 Å². The summed E-state index contributed by atoms with van der Waals surface area (Å²) >= 11 is 0. The van der Waals surface area contributed by atoms with Crippen LogP contribution < -0.4 is 5.32 Å². The van der Waals surface area contributed by atoms with E-state index >= 15 is 0 Å². The second-order valence-electron chi connectivity index (χ2n) is 5.66. The maximum Gasteiger partial charge on any atom is 0.338 e. The Morgan fingerprint density at radius 3 is 2.52 bits per heavy atom. The number of carbonyl (C=O) groups is 2. The van der Waals surface area contributed by atoms with Crippen LogP contribution in [0.2, 0.25) is 0 Å². The van der Waals surface area contributed by atoms with Crippen molar-refractivity contribution >= 4 is 27.4 Å². The summed E-state index contributed by atoms with van der Waals surface area (Å²) in [5, 5.41) is 2.68. The van der Waals surface area contributed by atoms with Gasteiger partial charge in [0.15, 0.2) is 9.84 Å². The lowest BCUT2D eigenvalue weighted by Gasteiger charge is -2.10. The molecule has 1 atom stereocenters. The molecule has 0 saturated carbocycles. The molecule has 0 aromatic heterocycles. The highest BCUT2D eigenvalue weighted by atomic mass is 32.2. The van der Waals surface area contributed by atoms with Gasteiger partial charge in [-0.05, 0) is 37.1 Å². The van der Waals surface area contributed by atoms with Crippen LogP contribution in [-0.4, -0.2) is 38.4 Å². The first kappa shape index (κ1) is 17.5. The quantitative estimate of drug-likeness (QED) is 0.632. The van der Waals surface area contributed by atoms with Gasteiger partial charge in [-0.25, -0.2) is 13.2 Å². The van der Waals surface area contributed by atoms with Crippen molar-refractivity contribution in [3.05, 3.63) is 29.8 Å². The highest BCUT2D eigenvalue weighted by Gasteiger charge is 2.32. The molecule has 0 bridgehead atoms. The Hall–Kier alpha value is -1.89. The molecule has 1 aliphatic rings. The van der Waals surface area contributed by atoms with Crippen molar-refractivity contribution in [2.24, 2.45) is 5.92 Å². The first-order valence-electron chi connectivity index (χ1n) is 7.70. The Morgan fingerprint density at radius 1 is 1.26 bits per heavy atom. The van der Waals surface area contributed by atoms with Crippen LogP contribution in [-0.2, 0) is 19.4 Å². The first-order valence-corrected chi connectivity index (χ1v) is 9.52. The Bertz CT molecular complexity index is 666. The summed E-state index contributed by atoms with van der Waals surface area (Å²) in [7, 11) is -3.08. The number of amides is 1. The zero-order valence-electron chi connectivity index (χ0n) is 13.1. The maximum absolute atomic E-state index is 12.0. The smallest absolute Gasteiger partial charge is 0.338 e. The van der Waals surface area contributed by atoms with E-state index in [0.717, 1.165) is 12.8 Å². The minimum absolute atomic E-state index is 0.0631. The van der Waals surface area contributed by atoms with Crippen LogP contribution in [0.25, 0.3) is 0 Å². The van der Waals surface area contributed by atoms with Crippen molar-refractivity contribution in [1.29, 1.82) is 0 Å². The number of sulfone groups is 1. The van der Waals surface area contributed by atoms with Crippen molar-refractivity contribution in [2.75, 3.05) is 23.4 Å². The third kappa shape index (κ3) is 5.06. The van der Waals surface area contributed by atoms with Gasteiger partial charge < -0.3 is 10.1 Å². The van der Waals surface area contributed by atoms with Gasteiger partial charge in [0.2, 0.25) is 5.91 Å². The van der Waals surface area contributed by atoms with E-state index in [1.165, 1.54) is 0 Å². The number of nitrogens with one attached hydrogen (secondary N) is 1. The minimum atomic E-state index is -3.08. The minimum Gasteiger partial charge on any atom is -0.462 e. The summed E-state index contributed by atoms with van der Waals surface area (Å²) in [6.07, 6.45) is 2.13. The van der Waals surface area contributed by atoms with E-state index in [-0.39, 0.29) is 17.4 Å². The lowest BCUT2D eigenvalue weighted by Crippen LogP contribution is -2.23. The highest BCUT2D eigenvalue weighted by molar-refractivity contribution is 7.91. The van der Waals surface area contributed by atoms with Gasteiger partial charge in [0.05, 0.1) is 29.6 Å². The number of esters is 1. The SMILES string of the molecule is CCCCOC(=O)c1ccc(NC(=O)[C@H]2CCS(=O)(=O)C2)cc1. The van der Waals surface area contributed by atoms with Crippen LogP contribution >= 0.6 is 0 Å². The molecule has 1 aromatic carbocycles. The molecule has 1 N–H and O–H groups in total. The van der Waals surface area contributed by atoms with Crippen molar-refractivity contribution in [1.82, 2.24) is 0 Å². The van der Waals surface area contributed by atoms with Gasteiger partial charge in [0.25, 0.3) is 0 Å². The van der Waals surface area contributed by atoms with E-state index < -0.39 is 21.7 Å². The highest BCUT2D eigenvalue weighted by Crippen LogP contribution is 2.20. The van der Waals surface area contributed by atoms with E-state index in [2.05, 4.69) is 5.32 Å². The monoisotopic (exact) mass is 339 g/mol. The normalized spacial score (nSPS) is 19.3. The predicted molar refractivity (Wildman–Crippen MR) is 87.0 cm³/mol. The van der Waals surface area contributed by atoms with E-state index in [9.17, 15) is 18.0 Å². The van der Waals surface area contributed by atoms with Gasteiger partial charge in [-0.15, -0.1) is 0 Å². The van der Waals surface area contributed by atoms with E-state index in [4.69, 9.17) is 4.74 Å². The van der Waals surface area contributed by atoms with Crippen LogP contribution in [0.15, 0.2) is 24.3 Å². The molecule has 0 radical (unpaired) electrons. The topological polar surface area (TPSA) is 89.5 Å². The third-order valence-corrected chi connectivity index (χ3v) is 5.49. The van der Waals surface area contributed by atoms with Gasteiger partial charge in [-0.2, -0.15) is 0 Å². The first-order chi connectivity index (χ1) is 10.9. The summed E-state index contributed by atoms with van der Waals surface area (Å²) in [4.78, 5) is 23.8. The molecule has 6 nitrogen and oxygen atoms in total. The lowest BCUT2D eigenvalue weighted by molar-refractivity contribution is -0.119. The molecule has 1 saturated heterocycles. The number of unbranched alkanes of at least 4 members (excludes halogenated alkanes) is 1. The fourth-order valence-electron chi connectivity index (χ4n) is 2.33. The molecule has 1 heterocycles. The number of ether oxygens (including phenoxy) is 1. The average Bonchev–Trinajstić information content (AvgIpc) is 2.88. The van der Waals surface area contributed by atoms with Gasteiger partial charge in [-0.3, -0.25) is 4.79 Å². The molecule has 23 heavy (non-hydrogen) atoms. The number of rotatable bonds is 6. The van der Waals surface area contributed by atoms with Gasteiger partial charge >= 0.3 is 5.97 Å². The molecule has 126 valence electrons. The summed E-state index contributed by atoms with van der Waals surface area (Å²) in [5.41, 5.74) is 0.951. The number of hydrogen-bond donors (Lipinski definition) is 1. The van der Waals surface area contributed by atoms with E-state index in [0.29, 0.717) is 24.3 Å². The van der Waals surface area contributed by atoms with Crippen LogP contribution in [0.3, 0.4) is 0 Å². The molecule has 0 aliphatic carbocycles. The molecule has 0 unspecified atom stereocenters. The summed E-state index contributed by atoms with van der Waals surface area (Å²) < 4.78 is 27.9. The molecule has 2 rings (SSSR count). The zero-order valence-corrected chi connectivity index (χ0v) is 13.9. The van der Waals surface area contributed by atoms with Crippen molar-refractivity contribution in [2.45, 2.75) is 26.2 Å². The summed E-state index contributed by atoms with van der Waals surface area (Å²) in [6.45, 7) is 2.41. The average molecular weight is 339 g/mol. The number of anilines is 1. The number of carbonyl (C=O) groups excluding carboxylic acids is 2. The van der Waals surface area contributed by atoms with Gasteiger partial charge in [0.1, 0.15) is 0 Å². The fraction of sp³-hybridized carbons (Fsp3) is 0.500. The number of benzene rings is 1. The standard InChI is InChI=1S/C16H21NO5S/c1-2-3-9-22-16(19)12-4-6-14(7-5-12)17-15(18)13-8-10-23(20,21)11-13/h4-7,13H,2-3,8-11H2,1H3,(H,17,18)/t13-/m0/s1. The maximum atomic E-state index is 12.0. The molecular formula is C16H21NO5S. The lowest BCUT2D eigenvalue weighted by atomic mass is 10.1. The van der Waals surface area contributed by atoms with Crippen LogP contribution in [0, 0.1) is 5.92 Å². The van der Waals surface area contributed by atoms with Gasteiger partial charge in [-0.1, -0.05) is 13.3 Å². The van der Waals surface area contributed by atoms with Crippen LogP contribution in [0.5, 0.6) is 0 Å². The third-order valence-electron chi connectivity index (χ3n) is 3.72. The molecule has 1 fully saturated rings. The largest absolute Gasteiger partial charge is 0.462 e. The van der Waals surface area contributed by atoms with Crippen molar-refractivity contribution in [3.63, 3.8) is 0 Å². The Balaban J connectivity index is 1.90. The number of hydrogen-bond acceptors (Lipinski definition) is 5. The zero-order chi connectivity index (χ0) is 16.9. The fourth-order valence-corrected chi connectivity index (χ4v) is 4.07. The molecule has 0 spiro atoms. The van der Waals surface area contributed by atoms with Crippen molar-refractivity contribution in [3.8, 4) is 0 Å². The molecule has 7 heteroatoms. The summed E-state index contributed by atoms with van der Waals surface area (Å²) in [5.74, 6) is -1.23. The second-order valence-corrected chi connectivity index (χ2v) is 7.88. The van der Waals surface area contributed by atoms with E-state index in [1.54, 1.807) is 24.3 Å². The molecule has 1 aliphatic heterocycles. The van der Waals surface area contributed by atoms with Crippen LogP contribution in [0.1, 0.15) is 36.5 Å². The Kier molecular flexibility index (Phi) is 5.76. The van der Waals surface area contributed by atoms with Gasteiger partial charge in [0, 0.05) is 5.69 Å². The Labute approximate surface area is 136 Å². The van der Waals surface area contributed by atoms with Crippen LogP contribution in [0.4, 0.5) is 5.69 Å². The Morgan fingerprint density at radius 2 is 1.96 bits per heavy atom. The van der Waals surface area contributed by atoms with Crippen molar-refractivity contribution < 1.29 is 22.7 Å².